The van der Waals surface area contributed by atoms with Gasteiger partial charge in [0.2, 0.25) is 0 Å². The Labute approximate surface area is 216 Å². The molecule has 3 fully saturated rings. The van der Waals surface area contributed by atoms with Crippen molar-refractivity contribution in [2.24, 2.45) is 4.99 Å². The molecule has 8 heteroatoms. The van der Waals surface area contributed by atoms with Crippen molar-refractivity contribution in [3.05, 3.63) is 62.3 Å². The van der Waals surface area contributed by atoms with E-state index in [9.17, 15) is 14.9 Å². The predicted octanol–water partition coefficient (Wildman–Crippen LogP) is 6.94. The number of thioether (sulfide) groups is 1. The van der Waals surface area contributed by atoms with Gasteiger partial charge in [-0.1, -0.05) is 44.6 Å². The number of carbonyl (C=O) groups excluding carboxylic acids is 1. The van der Waals surface area contributed by atoms with Gasteiger partial charge in [0.05, 0.1) is 21.6 Å². The lowest BCUT2D eigenvalue weighted by Gasteiger charge is -2.31. The minimum absolute atomic E-state index is 0.0631. The second-order valence-corrected chi connectivity index (χ2v) is 11.2. The Bertz CT molecular complexity index is 1220. The second-order valence-electron chi connectivity index (χ2n) is 10.2. The molecular formula is C28H34N4O3S. The highest BCUT2D eigenvalue weighted by Crippen LogP contribution is 2.39. The van der Waals surface area contributed by atoms with Crippen molar-refractivity contribution in [3.63, 3.8) is 0 Å². The zero-order chi connectivity index (χ0) is 25.2. The third-order valence-corrected chi connectivity index (χ3v) is 8.70. The number of hydrogen-bond acceptors (Lipinski definition) is 5. The summed E-state index contributed by atoms with van der Waals surface area (Å²) in [4.78, 5) is 32.5. The molecule has 2 saturated carbocycles. The molecule has 0 bridgehead atoms. The van der Waals surface area contributed by atoms with Gasteiger partial charge in [0.15, 0.2) is 5.17 Å². The van der Waals surface area contributed by atoms with E-state index in [1.54, 1.807) is 12.1 Å². The molecule has 2 aromatic rings. The predicted molar refractivity (Wildman–Crippen MR) is 145 cm³/mol. The van der Waals surface area contributed by atoms with Crippen LogP contribution in [0.3, 0.4) is 0 Å². The minimum atomic E-state index is -0.374. The van der Waals surface area contributed by atoms with Crippen LogP contribution in [-0.2, 0) is 4.79 Å². The van der Waals surface area contributed by atoms with Gasteiger partial charge in [-0.2, -0.15) is 0 Å². The van der Waals surface area contributed by atoms with Crippen LogP contribution in [0.4, 0.5) is 5.69 Å². The van der Waals surface area contributed by atoms with Crippen LogP contribution in [0, 0.1) is 24.0 Å². The topological polar surface area (TPSA) is 80.7 Å². The molecule has 1 aliphatic heterocycles. The Kier molecular flexibility index (Phi) is 7.32. The molecule has 5 rings (SSSR count). The van der Waals surface area contributed by atoms with Crippen molar-refractivity contribution in [3.8, 4) is 5.69 Å². The zero-order valence-electron chi connectivity index (χ0n) is 21.1. The Balaban J connectivity index is 1.48. The quantitative estimate of drug-likeness (QED) is 0.250. The third-order valence-electron chi connectivity index (χ3n) is 7.70. The zero-order valence-corrected chi connectivity index (χ0v) is 21.9. The Morgan fingerprint density at radius 1 is 1.03 bits per heavy atom. The lowest BCUT2D eigenvalue weighted by Crippen LogP contribution is -2.41. The largest absolute Gasteiger partial charge is 0.318 e. The van der Waals surface area contributed by atoms with Gasteiger partial charge in [-0.05, 0) is 75.1 Å². The lowest BCUT2D eigenvalue weighted by atomic mass is 9.94. The molecular weight excluding hydrogens is 472 g/mol. The molecule has 0 N–H and O–H groups in total. The number of aryl methyl sites for hydroxylation is 1. The smallest absolute Gasteiger partial charge is 0.271 e. The number of rotatable bonds is 5. The maximum absolute atomic E-state index is 13.7. The molecule has 2 heterocycles. The Morgan fingerprint density at radius 2 is 1.72 bits per heavy atom. The molecule has 1 amide bonds. The first-order valence-electron chi connectivity index (χ1n) is 13.2. The van der Waals surface area contributed by atoms with E-state index in [4.69, 9.17) is 4.99 Å². The van der Waals surface area contributed by atoms with E-state index in [2.05, 4.69) is 6.07 Å². The van der Waals surface area contributed by atoms with Crippen LogP contribution < -0.4 is 0 Å². The van der Waals surface area contributed by atoms with E-state index in [-0.39, 0.29) is 22.6 Å². The Morgan fingerprint density at radius 3 is 2.42 bits per heavy atom. The van der Waals surface area contributed by atoms with Crippen LogP contribution in [0.1, 0.15) is 81.2 Å². The number of amides is 1. The van der Waals surface area contributed by atoms with Crippen molar-refractivity contribution >= 4 is 34.6 Å². The van der Waals surface area contributed by atoms with Crippen LogP contribution in [0.2, 0.25) is 0 Å². The molecule has 0 radical (unpaired) electrons. The van der Waals surface area contributed by atoms with Gasteiger partial charge in [0.25, 0.3) is 11.6 Å². The first-order chi connectivity index (χ1) is 17.4. The summed E-state index contributed by atoms with van der Waals surface area (Å²) in [5, 5.41) is 12.2. The van der Waals surface area contributed by atoms with Crippen molar-refractivity contribution in [1.29, 1.82) is 0 Å². The van der Waals surface area contributed by atoms with Gasteiger partial charge in [-0.15, -0.1) is 0 Å². The number of aromatic nitrogens is 1. The average molecular weight is 507 g/mol. The maximum atomic E-state index is 13.7. The molecule has 1 saturated heterocycles. The highest BCUT2D eigenvalue weighted by molar-refractivity contribution is 8.18. The number of nitro benzene ring substituents is 1. The first kappa shape index (κ1) is 24.8. The molecule has 3 aliphatic rings. The highest BCUT2D eigenvalue weighted by atomic mass is 32.2. The number of nitro groups is 1. The number of aliphatic imine (C=N–C) groups is 1. The van der Waals surface area contributed by atoms with Crippen molar-refractivity contribution in [1.82, 2.24) is 9.47 Å². The van der Waals surface area contributed by atoms with Crippen molar-refractivity contribution in [2.75, 3.05) is 0 Å². The van der Waals surface area contributed by atoms with E-state index in [0.29, 0.717) is 6.04 Å². The Hall–Kier alpha value is -2.87. The number of non-ortho nitro benzene ring substituents is 1. The number of carbonyl (C=O) groups is 1. The summed E-state index contributed by atoms with van der Waals surface area (Å²) in [6, 6.07) is 9.28. The average Bonchev–Trinajstić information content (AvgIpc) is 3.34. The number of nitrogens with zero attached hydrogens (tertiary/aromatic N) is 4. The number of hydrogen-bond donors (Lipinski definition) is 0. The van der Waals surface area contributed by atoms with Gasteiger partial charge in [-0.25, -0.2) is 0 Å². The van der Waals surface area contributed by atoms with Gasteiger partial charge in [0, 0.05) is 29.6 Å². The van der Waals surface area contributed by atoms with E-state index in [0.717, 1.165) is 58.4 Å². The molecule has 0 unspecified atom stereocenters. The van der Waals surface area contributed by atoms with Gasteiger partial charge < -0.3 is 4.57 Å². The summed E-state index contributed by atoms with van der Waals surface area (Å²) >= 11 is 1.52. The van der Waals surface area contributed by atoms with Crippen LogP contribution in [0.15, 0.2) is 40.2 Å². The molecule has 1 aromatic heterocycles. The van der Waals surface area contributed by atoms with Crippen LogP contribution >= 0.6 is 11.8 Å². The summed E-state index contributed by atoms with van der Waals surface area (Å²) < 4.78 is 2.01. The van der Waals surface area contributed by atoms with Crippen LogP contribution in [-0.4, -0.2) is 37.5 Å². The molecule has 36 heavy (non-hydrogen) atoms. The fraction of sp³-hybridized carbons (Fsp3) is 0.500. The first-order valence-corrected chi connectivity index (χ1v) is 14.0. The van der Waals surface area contributed by atoms with Crippen LogP contribution in [0.5, 0.6) is 0 Å². The van der Waals surface area contributed by atoms with E-state index in [1.165, 1.54) is 56.4 Å². The SMILES string of the molecule is Cc1cc(C=C2SC(=NC3CCCCC3)N(C3CCCCC3)C2=O)c(C)n1-c1cccc([N+](=O)[O-])c1. The molecule has 1 aromatic carbocycles. The van der Waals surface area contributed by atoms with Gasteiger partial charge in [-0.3, -0.25) is 24.8 Å². The third kappa shape index (κ3) is 5.01. The maximum Gasteiger partial charge on any atom is 0.271 e. The fourth-order valence-electron chi connectivity index (χ4n) is 5.82. The molecule has 0 atom stereocenters. The summed E-state index contributed by atoms with van der Waals surface area (Å²) in [6.07, 6.45) is 13.6. The van der Waals surface area contributed by atoms with Crippen LogP contribution in [0.25, 0.3) is 11.8 Å². The molecule has 7 nitrogen and oxygen atoms in total. The molecule has 2 aliphatic carbocycles. The van der Waals surface area contributed by atoms with E-state index in [1.807, 2.05) is 35.5 Å². The monoisotopic (exact) mass is 506 g/mol. The van der Waals surface area contributed by atoms with Crippen molar-refractivity contribution < 1.29 is 9.72 Å². The van der Waals surface area contributed by atoms with E-state index < -0.39 is 0 Å². The molecule has 0 spiro atoms. The fourth-order valence-corrected chi connectivity index (χ4v) is 6.92. The summed E-state index contributed by atoms with van der Waals surface area (Å²) in [5.41, 5.74) is 3.69. The highest BCUT2D eigenvalue weighted by Gasteiger charge is 2.39. The standard InChI is InChI=1S/C28H34N4O3S/c1-19-16-21(20(2)30(19)24-14-9-15-25(18-24)32(34)35)17-26-27(33)31(23-12-7-4-8-13-23)28(36-26)29-22-10-5-3-6-11-22/h9,14-18,22-23H,3-8,10-13H2,1-2H3. The minimum Gasteiger partial charge on any atom is -0.318 e. The van der Waals surface area contributed by atoms with E-state index >= 15 is 0 Å². The van der Waals surface area contributed by atoms with Gasteiger partial charge in [0.1, 0.15) is 0 Å². The summed E-state index contributed by atoms with van der Waals surface area (Å²) in [5.74, 6) is 0.0709. The number of benzene rings is 1. The summed E-state index contributed by atoms with van der Waals surface area (Å²) in [6.45, 7) is 3.99. The summed E-state index contributed by atoms with van der Waals surface area (Å²) in [7, 11) is 0. The normalized spacial score (nSPS) is 22.2. The van der Waals surface area contributed by atoms with Gasteiger partial charge >= 0.3 is 0 Å². The number of amidine groups is 1. The molecule has 190 valence electrons. The lowest BCUT2D eigenvalue weighted by molar-refractivity contribution is -0.384. The second kappa shape index (κ2) is 10.6. The van der Waals surface area contributed by atoms with Crippen molar-refractivity contribution in [2.45, 2.75) is 90.1 Å².